The first kappa shape index (κ1) is 11.6. The highest BCUT2D eigenvalue weighted by Crippen LogP contribution is 2.38. The van der Waals surface area contributed by atoms with Crippen molar-refractivity contribution in [2.24, 2.45) is 5.73 Å². The predicted octanol–water partition coefficient (Wildman–Crippen LogP) is 1.60. The molecule has 0 aliphatic heterocycles. The van der Waals surface area contributed by atoms with Crippen molar-refractivity contribution >= 4 is 0 Å². The van der Waals surface area contributed by atoms with Crippen molar-refractivity contribution in [2.45, 2.75) is 44.1 Å². The summed E-state index contributed by atoms with van der Waals surface area (Å²) in [5.41, 5.74) is 7.28. The maximum absolute atomic E-state index is 10.5. The standard InChI is InChI=1S/C13H20N2O/c1-2-13(16,9-14)11-7-3-5-10-6-4-8-15-12(10)11/h4,6,8,11,16H,2-3,5,7,9,14H2,1H3. The van der Waals surface area contributed by atoms with Crippen LogP contribution in [0.25, 0.3) is 0 Å². The first-order chi connectivity index (χ1) is 7.71. The molecule has 0 fully saturated rings. The zero-order valence-corrected chi connectivity index (χ0v) is 9.82. The third kappa shape index (κ3) is 1.85. The number of rotatable bonds is 3. The molecule has 3 N–H and O–H groups in total. The molecule has 1 aromatic rings. The summed E-state index contributed by atoms with van der Waals surface area (Å²) in [7, 11) is 0. The van der Waals surface area contributed by atoms with E-state index < -0.39 is 5.60 Å². The number of nitrogens with zero attached hydrogens (tertiary/aromatic N) is 1. The Morgan fingerprint density at radius 3 is 3.12 bits per heavy atom. The number of aryl methyl sites for hydroxylation is 1. The van der Waals surface area contributed by atoms with Crippen molar-refractivity contribution in [3.63, 3.8) is 0 Å². The summed E-state index contributed by atoms with van der Waals surface area (Å²) in [6.07, 6.45) is 5.68. The second-order valence-corrected chi connectivity index (χ2v) is 4.65. The second kappa shape index (κ2) is 4.52. The molecule has 2 atom stereocenters. The van der Waals surface area contributed by atoms with Crippen LogP contribution in [0.3, 0.4) is 0 Å². The van der Waals surface area contributed by atoms with E-state index in [0.29, 0.717) is 13.0 Å². The summed E-state index contributed by atoms with van der Waals surface area (Å²) >= 11 is 0. The van der Waals surface area contributed by atoms with E-state index in [4.69, 9.17) is 5.73 Å². The Morgan fingerprint density at radius 1 is 1.62 bits per heavy atom. The second-order valence-electron chi connectivity index (χ2n) is 4.65. The van der Waals surface area contributed by atoms with Crippen LogP contribution in [-0.2, 0) is 6.42 Å². The van der Waals surface area contributed by atoms with Gasteiger partial charge in [0.1, 0.15) is 0 Å². The SMILES string of the molecule is CCC(O)(CN)C1CCCc2cccnc21. The molecule has 2 unspecified atom stereocenters. The summed E-state index contributed by atoms with van der Waals surface area (Å²) in [6, 6.07) is 4.08. The van der Waals surface area contributed by atoms with Gasteiger partial charge in [0.05, 0.1) is 5.60 Å². The van der Waals surface area contributed by atoms with Gasteiger partial charge in [-0.05, 0) is 37.3 Å². The van der Waals surface area contributed by atoms with E-state index in [9.17, 15) is 5.11 Å². The molecule has 2 rings (SSSR count). The Labute approximate surface area is 96.7 Å². The van der Waals surface area contributed by atoms with Crippen molar-refractivity contribution in [3.8, 4) is 0 Å². The molecule has 1 aliphatic carbocycles. The van der Waals surface area contributed by atoms with Crippen molar-refractivity contribution in [2.75, 3.05) is 6.54 Å². The van der Waals surface area contributed by atoms with E-state index >= 15 is 0 Å². The van der Waals surface area contributed by atoms with Gasteiger partial charge in [-0.1, -0.05) is 13.0 Å². The zero-order valence-electron chi connectivity index (χ0n) is 9.82. The van der Waals surface area contributed by atoms with Crippen LogP contribution >= 0.6 is 0 Å². The van der Waals surface area contributed by atoms with E-state index in [0.717, 1.165) is 25.0 Å². The van der Waals surface area contributed by atoms with Gasteiger partial charge in [-0.3, -0.25) is 4.98 Å². The highest BCUT2D eigenvalue weighted by Gasteiger charge is 2.38. The van der Waals surface area contributed by atoms with Gasteiger partial charge in [0, 0.05) is 24.4 Å². The fraction of sp³-hybridized carbons (Fsp3) is 0.615. The average molecular weight is 220 g/mol. The molecular weight excluding hydrogens is 200 g/mol. The summed E-state index contributed by atoms with van der Waals surface area (Å²) in [5, 5.41) is 10.5. The lowest BCUT2D eigenvalue weighted by molar-refractivity contribution is 0.00959. The maximum atomic E-state index is 10.5. The fourth-order valence-corrected chi connectivity index (χ4v) is 2.67. The Balaban J connectivity index is 2.38. The number of nitrogens with two attached hydrogens (primary N) is 1. The molecule has 0 saturated heterocycles. The molecule has 0 aromatic carbocycles. The molecule has 3 heteroatoms. The van der Waals surface area contributed by atoms with Crippen LogP contribution in [-0.4, -0.2) is 22.2 Å². The third-order valence-electron chi connectivity index (χ3n) is 3.81. The van der Waals surface area contributed by atoms with Crippen LogP contribution < -0.4 is 5.73 Å². The van der Waals surface area contributed by atoms with E-state index in [1.165, 1.54) is 5.56 Å². The Kier molecular flexibility index (Phi) is 3.26. The zero-order chi connectivity index (χ0) is 11.6. The van der Waals surface area contributed by atoms with Crippen LogP contribution in [0.5, 0.6) is 0 Å². The smallest absolute Gasteiger partial charge is 0.0850 e. The van der Waals surface area contributed by atoms with Gasteiger partial charge < -0.3 is 10.8 Å². The van der Waals surface area contributed by atoms with Gasteiger partial charge in [-0.15, -0.1) is 0 Å². The lowest BCUT2D eigenvalue weighted by Crippen LogP contribution is -2.44. The Morgan fingerprint density at radius 2 is 2.44 bits per heavy atom. The highest BCUT2D eigenvalue weighted by molar-refractivity contribution is 5.28. The summed E-state index contributed by atoms with van der Waals surface area (Å²) < 4.78 is 0. The van der Waals surface area contributed by atoms with Gasteiger partial charge in [-0.25, -0.2) is 0 Å². The minimum absolute atomic E-state index is 0.104. The fourth-order valence-electron chi connectivity index (χ4n) is 2.67. The predicted molar refractivity (Wildman–Crippen MR) is 64.2 cm³/mol. The molecule has 1 aromatic heterocycles. The summed E-state index contributed by atoms with van der Waals surface area (Å²) in [4.78, 5) is 4.45. The number of aliphatic hydroxyl groups is 1. The van der Waals surface area contributed by atoms with E-state index in [1.807, 2.05) is 19.2 Å². The normalized spacial score (nSPS) is 23.6. The summed E-state index contributed by atoms with van der Waals surface area (Å²) in [5.74, 6) is 0.104. The third-order valence-corrected chi connectivity index (χ3v) is 3.81. The lowest BCUT2D eigenvalue weighted by Gasteiger charge is -2.37. The lowest BCUT2D eigenvalue weighted by atomic mass is 9.74. The number of aromatic nitrogens is 1. The first-order valence-corrected chi connectivity index (χ1v) is 6.07. The monoisotopic (exact) mass is 220 g/mol. The van der Waals surface area contributed by atoms with Crippen LogP contribution in [0.1, 0.15) is 43.4 Å². The molecule has 0 radical (unpaired) electrons. The van der Waals surface area contributed by atoms with Crippen molar-refractivity contribution < 1.29 is 5.11 Å². The molecule has 16 heavy (non-hydrogen) atoms. The van der Waals surface area contributed by atoms with E-state index in [2.05, 4.69) is 11.1 Å². The van der Waals surface area contributed by atoms with Crippen LogP contribution in [0, 0.1) is 0 Å². The van der Waals surface area contributed by atoms with E-state index in [1.54, 1.807) is 0 Å². The largest absolute Gasteiger partial charge is 0.388 e. The Bertz CT molecular complexity index is 361. The molecule has 1 heterocycles. The van der Waals surface area contributed by atoms with Crippen molar-refractivity contribution in [3.05, 3.63) is 29.6 Å². The maximum Gasteiger partial charge on any atom is 0.0850 e. The average Bonchev–Trinajstić information content (AvgIpc) is 2.37. The molecule has 3 nitrogen and oxygen atoms in total. The summed E-state index contributed by atoms with van der Waals surface area (Å²) in [6.45, 7) is 2.30. The van der Waals surface area contributed by atoms with Gasteiger partial charge in [0.15, 0.2) is 0 Å². The van der Waals surface area contributed by atoms with E-state index in [-0.39, 0.29) is 5.92 Å². The minimum Gasteiger partial charge on any atom is -0.388 e. The van der Waals surface area contributed by atoms with Gasteiger partial charge in [0.25, 0.3) is 0 Å². The molecular formula is C13H20N2O. The molecule has 0 saturated carbocycles. The number of fused-ring (bicyclic) bond motifs is 1. The number of pyridine rings is 1. The van der Waals surface area contributed by atoms with Crippen LogP contribution in [0.15, 0.2) is 18.3 Å². The molecule has 1 aliphatic rings. The Hall–Kier alpha value is -0.930. The first-order valence-electron chi connectivity index (χ1n) is 6.07. The van der Waals surface area contributed by atoms with Gasteiger partial charge >= 0.3 is 0 Å². The molecule has 0 spiro atoms. The van der Waals surface area contributed by atoms with Crippen LogP contribution in [0.4, 0.5) is 0 Å². The van der Waals surface area contributed by atoms with Crippen LogP contribution in [0.2, 0.25) is 0 Å². The number of hydrogen-bond donors (Lipinski definition) is 2. The quantitative estimate of drug-likeness (QED) is 0.813. The molecule has 0 bridgehead atoms. The number of hydrogen-bond acceptors (Lipinski definition) is 3. The van der Waals surface area contributed by atoms with Gasteiger partial charge in [-0.2, -0.15) is 0 Å². The van der Waals surface area contributed by atoms with Crippen molar-refractivity contribution in [1.82, 2.24) is 4.98 Å². The van der Waals surface area contributed by atoms with Crippen molar-refractivity contribution in [1.29, 1.82) is 0 Å². The highest BCUT2D eigenvalue weighted by atomic mass is 16.3. The minimum atomic E-state index is -0.788. The van der Waals surface area contributed by atoms with Gasteiger partial charge in [0.2, 0.25) is 0 Å². The molecule has 0 amide bonds. The molecule has 88 valence electrons. The topological polar surface area (TPSA) is 59.1 Å².